The van der Waals surface area contributed by atoms with Crippen molar-refractivity contribution in [1.29, 1.82) is 0 Å². The van der Waals surface area contributed by atoms with Crippen molar-refractivity contribution >= 4 is 13.8 Å². The molecular weight excluding hydrogens is 101 g/mol. The number of hydrogen-bond acceptors (Lipinski definition) is 1. The molecule has 0 atom stereocenters. The third-order valence-corrected chi connectivity index (χ3v) is 0.812. The lowest BCUT2D eigenvalue weighted by Crippen LogP contribution is -2.29. The molecule has 0 rings (SSSR count). The molecule has 0 aromatic rings. The molecule has 0 saturated heterocycles. The predicted molar refractivity (Wildman–Crippen MR) is 33.9 cm³/mol. The van der Waals surface area contributed by atoms with Crippen LogP contribution in [-0.2, 0) is 4.79 Å². The molecule has 44 valence electrons. The highest BCUT2D eigenvalue weighted by Gasteiger charge is 2.17. The van der Waals surface area contributed by atoms with E-state index in [0.717, 1.165) is 0 Å². The summed E-state index contributed by atoms with van der Waals surface area (Å²) < 4.78 is 0. The quantitative estimate of drug-likeness (QED) is 0.477. The van der Waals surface area contributed by atoms with E-state index >= 15 is 0 Å². The summed E-state index contributed by atoms with van der Waals surface area (Å²) in [5, 5.41) is 1.70. The van der Waals surface area contributed by atoms with Crippen LogP contribution in [0.25, 0.3) is 0 Å². The minimum Gasteiger partial charge on any atom is -0.359 e. The van der Waals surface area contributed by atoms with Crippen LogP contribution in [0.5, 0.6) is 0 Å². The van der Waals surface area contributed by atoms with E-state index < -0.39 is 5.31 Å². The molecule has 0 aliphatic rings. The molecular formula is C5H10BNO. The minimum atomic E-state index is -0.741. The van der Waals surface area contributed by atoms with Crippen molar-refractivity contribution in [3.63, 3.8) is 0 Å². The summed E-state index contributed by atoms with van der Waals surface area (Å²) in [6.07, 6.45) is 0. The zero-order chi connectivity index (χ0) is 6.78. The maximum Gasteiger partial charge on any atom is 0.216 e. The van der Waals surface area contributed by atoms with E-state index in [4.69, 9.17) is 7.85 Å². The van der Waals surface area contributed by atoms with Gasteiger partial charge in [-0.25, -0.2) is 0 Å². The van der Waals surface area contributed by atoms with Gasteiger partial charge in [0.05, 0.1) is 7.85 Å². The second kappa shape index (κ2) is 2.20. The molecule has 0 aromatic carbocycles. The molecule has 2 radical (unpaired) electrons. The second-order valence-corrected chi connectivity index (χ2v) is 2.30. The maximum atomic E-state index is 10.6. The summed E-state index contributed by atoms with van der Waals surface area (Å²) in [6, 6.07) is 0. The van der Waals surface area contributed by atoms with Crippen LogP contribution in [0.15, 0.2) is 0 Å². The first kappa shape index (κ1) is 7.53. The van der Waals surface area contributed by atoms with Gasteiger partial charge < -0.3 is 5.32 Å². The Morgan fingerprint density at radius 3 is 2.00 bits per heavy atom. The number of carbonyl (C=O) groups is 1. The molecule has 0 bridgehead atoms. The lowest BCUT2D eigenvalue weighted by atomic mass is 9.72. The highest BCUT2D eigenvalue weighted by molar-refractivity contribution is 6.27. The van der Waals surface area contributed by atoms with Gasteiger partial charge in [0.25, 0.3) is 0 Å². The molecule has 0 spiro atoms. The molecule has 3 heteroatoms. The maximum absolute atomic E-state index is 10.6. The van der Waals surface area contributed by atoms with E-state index in [1.54, 1.807) is 20.9 Å². The van der Waals surface area contributed by atoms with Gasteiger partial charge in [0.15, 0.2) is 0 Å². The van der Waals surface area contributed by atoms with Gasteiger partial charge in [0.2, 0.25) is 5.91 Å². The van der Waals surface area contributed by atoms with Crippen molar-refractivity contribution in [3.05, 3.63) is 0 Å². The molecule has 0 aliphatic heterocycles. The Hall–Kier alpha value is -0.465. The Kier molecular flexibility index (Phi) is 2.07. The summed E-state index contributed by atoms with van der Waals surface area (Å²) >= 11 is 0. The van der Waals surface area contributed by atoms with Gasteiger partial charge in [-0.3, -0.25) is 4.79 Å². The molecule has 0 heterocycles. The number of rotatable bonds is 1. The van der Waals surface area contributed by atoms with Crippen LogP contribution in [0.3, 0.4) is 0 Å². The lowest BCUT2D eigenvalue weighted by Gasteiger charge is -2.15. The van der Waals surface area contributed by atoms with Crippen LogP contribution in [0.2, 0.25) is 5.31 Å². The highest BCUT2D eigenvalue weighted by atomic mass is 16.1. The first-order valence-corrected chi connectivity index (χ1v) is 2.49. The van der Waals surface area contributed by atoms with E-state index in [0.29, 0.717) is 0 Å². The van der Waals surface area contributed by atoms with Gasteiger partial charge in [-0.05, 0) is 0 Å². The summed E-state index contributed by atoms with van der Waals surface area (Å²) in [6.45, 7) is 3.32. The second-order valence-electron chi connectivity index (χ2n) is 2.30. The summed E-state index contributed by atoms with van der Waals surface area (Å²) in [5.41, 5.74) is 0. The number of carbonyl (C=O) groups excluding carboxylic acids is 1. The van der Waals surface area contributed by atoms with Crippen molar-refractivity contribution in [1.82, 2.24) is 5.32 Å². The lowest BCUT2D eigenvalue weighted by molar-refractivity contribution is -0.122. The van der Waals surface area contributed by atoms with E-state index in [1.165, 1.54) is 0 Å². The minimum absolute atomic E-state index is 0.141. The van der Waals surface area contributed by atoms with E-state index in [1.807, 2.05) is 0 Å². The molecule has 0 aliphatic carbocycles. The number of amides is 1. The van der Waals surface area contributed by atoms with Crippen molar-refractivity contribution in [2.24, 2.45) is 0 Å². The van der Waals surface area contributed by atoms with Gasteiger partial charge in [-0.1, -0.05) is 13.8 Å². The topological polar surface area (TPSA) is 29.1 Å². The van der Waals surface area contributed by atoms with Crippen LogP contribution in [-0.4, -0.2) is 20.8 Å². The zero-order valence-electron chi connectivity index (χ0n) is 5.49. The molecule has 1 amide bonds. The summed E-state index contributed by atoms with van der Waals surface area (Å²) in [5.74, 6) is -0.141. The molecule has 8 heavy (non-hydrogen) atoms. The summed E-state index contributed by atoms with van der Waals surface area (Å²) in [7, 11) is 6.94. The Morgan fingerprint density at radius 2 is 2.00 bits per heavy atom. The molecule has 1 N–H and O–H groups in total. The third kappa shape index (κ3) is 2.00. The highest BCUT2D eigenvalue weighted by Crippen LogP contribution is 2.16. The van der Waals surface area contributed by atoms with Gasteiger partial charge in [0, 0.05) is 12.4 Å². The number of hydrogen-bond donors (Lipinski definition) is 1. The summed E-state index contributed by atoms with van der Waals surface area (Å²) in [4.78, 5) is 10.6. The van der Waals surface area contributed by atoms with Crippen molar-refractivity contribution < 1.29 is 4.79 Å². The average molecular weight is 111 g/mol. The van der Waals surface area contributed by atoms with E-state index in [-0.39, 0.29) is 5.91 Å². The van der Waals surface area contributed by atoms with Gasteiger partial charge in [0.1, 0.15) is 0 Å². The molecule has 2 nitrogen and oxygen atoms in total. The smallest absolute Gasteiger partial charge is 0.216 e. The standard InChI is InChI=1S/C5H10BNO/c1-5(2,6)4(8)7-3/h1-3H3,(H,7,8). The van der Waals surface area contributed by atoms with E-state index in [2.05, 4.69) is 5.32 Å². The first-order chi connectivity index (χ1) is 3.48. The Bertz CT molecular complexity index is 95.1. The van der Waals surface area contributed by atoms with Crippen molar-refractivity contribution in [2.45, 2.75) is 19.2 Å². The van der Waals surface area contributed by atoms with Gasteiger partial charge >= 0.3 is 0 Å². The zero-order valence-corrected chi connectivity index (χ0v) is 5.49. The van der Waals surface area contributed by atoms with Crippen LogP contribution < -0.4 is 5.32 Å². The van der Waals surface area contributed by atoms with Crippen LogP contribution in [0.4, 0.5) is 0 Å². The fraction of sp³-hybridized carbons (Fsp3) is 0.800. The normalized spacial score (nSPS) is 10.9. The SMILES string of the molecule is [B]C(C)(C)C(=O)NC. The van der Waals surface area contributed by atoms with Crippen molar-refractivity contribution in [2.75, 3.05) is 7.05 Å². The fourth-order valence-electron chi connectivity index (χ4n) is 0.322. The van der Waals surface area contributed by atoms with Crippen molar-refractivity contribution in [3.8, 4) is 0 Å². The van der Waals surface area contributed by atoms with Crippen LogP contribution in [0, 0.1) is 0 Å². The van der Waals surface area contributed by atoms with Crippen LogP contribution >= 0.6 is 0 Å². The average Bonchev–Trinajstić information content (AvgIpc) is 1.62. The molecule has 0 aromatic heterocycles. The monoisotopic (exact) mass is 111 g/mol. The largest absolute Gasteiger partial charge is 0.359 e. The van der Waals surface area contributed by atoms with Crippen LogP contribution in [0.1, 0.15) is 13.8 Å². The third-order valence-electron chi connectivity index (χ3n) is 0.812. The Labute approximate surface area is 51.1 Å². The van der Waals surface area contributed by atoms with E-state index in [9.17, 15) is 4.79 Å². The molecule has 0 saturated carbocycles. The molecule has 0 unspecified atom stereocenters. The fourth-order valence-corrected chi connectivity index (χ4v) is 0.322. The molecule has 0 fully saturated rings. The van der Waals surface area contributed by atoms with Gasteiger partial charge in [-0.15, -0.1) is 0 Å². The van der Waals surface area contributed by atoms with Gasteiger partial charge in [-0.2, -0.15) is 0 Å². The first-order valence-electron chi connectivity index (χ1n) is 2.49. The predicted octanol–water partition coefficient (Wildman–Crippen LogP) is 0.0994. The Balaban J connectivity index is 3.82. The number of nitrogens with one attached hydrogen (secondary N) is 1. The Morgan fingerprint density at radius 1 is 1.62 bits per heavy atom.